The molecule has 0 atom stereocenters. The number of methoxy groups -OCH3 is 1. The lowest BCUT2D eigenvalue weighted by Gasteiger charge is -1.93. The summed E-state index contributed by atoms with van der Waals surface area (Å²) in [4.78, 5) is 23.4. The predicted molar refractivity (Wildman–Crippen MR) is 50.6 cm³/mol. The second-order valence-corrected chi connectivity index (χ2v) is 2.36. The van der Waals surface area contributed by atoms with E-state index in [1.807, 2.05) is 13.0 Å². The van der Waals surface area contributed by atoms with Crippen LogP contribution in [0.15, 0.2) is 18.2 Å². The lowest BCUT2D eigenvalue weighted by atomic mass is 10.3. The summed E-state index contributed by atoms with van der Waals surface area (Å²) in [6, 6.07) is 5.16. The Morgan fingerprint density at radius 1 is 1.57 bits per heavy atom. The Labute approximate surface area is 81.9 Å². The molecular weight excluding hydrogens is 184 g/mol. The fourth-order valence-electron chi connectivity index (χ4n) is 0.680. The number of hydrogen-bond acceptors (Lipinski definition) is 4. The Morgan fingerprint density at radius 2 is 2.14 bits per heavy atom. The summed E-state index contributed by atoms with van der Waals surface area (Å²) >= 11 is 0. The SMILES string of the molecule is COC=O.Cc1cccc(C(N)=O)n1. The van der Waals surface area contributed by atoms with Crippen molar-refractivity contribution in [1.29, 1.82) is 0 Å². The number of aryl methyl sites for hydroxylation is 1. The molecular formula is C9H12N2O3. The van der Waals surface area contributed by atoms with E-state index in [1.54, 1.807) is 12.1 Å². The van der Waals surface area contributed by atoms with E-state index in [4.69, 9.17) is 10.5 Å². The number of nitrogens with zero attached hydrogens (tertiary/aromatic N) is 1. The van der Waals surface area contributed by atoms with Gasteiger partial charge in [-0.1, -0.05) is 6.07 Å². The molecule has 1 heterocycles. The van der Waals surface area contributed by atoms with Crippen molar-refractivity contribution in [3.8, 4) is 0 Å². The molecule has 0 bridgehead atoms. The third kappa shape index (κ3) is 4.87. The minimum absolute atomic E-state index is 0.319. The molecule has 76 valence electrons. The van der Waals surface area contributed by atoms with Crippen molar-refractivity contribution < 1.29 is 14.3 Å². The number of pyridine rings is 1. The summed E-state index contributed by atoms with van der Waals surface area (Å²) in [7, 11) is 1.31. The summed E-state index contributed by atoms with van der Waals surface area (Å²) in [5.74, 6) is -0.483. The van der Waals surface area contributed by atoms with Gasteiger partial charge in [-0.05, 0) is 19.1 Å². The van der Waals surface area contributed by atoms with Crippen molar-refractivity contribution in [2.45, 2.75) is 6.92 Å². The summed E-state index contributed by atoms with van der Waals surface area (Å²) in [6.45, 7) is 2.19. The number of carbonyl (C=O) groups excluding carboxylic acids is 2. The van der Waals surface area contributed by atoms with Crippen molar-refractivity contribution in [2.24, 2.45) is 5.73 Å². The van der Waals surface area contributed by atoms with Gasteiger partial charge in [0.1, 0.15) is 5.69 Å². The number of rotatable bonds is 2. The van der Waals surface area contributed by atoms with E-state index in [-0.39, 0.29) is 0 Å². The van der Waals surface area contributed by atoms with Crippen LogP contribution in [-0.2, 0) is 9.53 Å². The van der Waals surface area contributed by atoms with Gasteiger partial charge in [0, 0.05) is 5.69 Å². The highest BCUT2D eigenvalue weighted by atomic mass is 16.5. The topological polar surface area (TPSA) is 82.3 Å². The molecule has 0 unspecified atom stereocenters. The van der Waals surface area contributed by atoms with E-state index in [1.165, 1.54) is 7.11 Å². The molecule has 0 aliphatic rings. The summed E-state index contributed by atoms with van der Waals surface area (Å²) in [5.41, 5.74) is 6.10. The van der Waals surface area contributed by atoms with Crippen LogP contribution in [0.5, 0.6) is 0 Å². The molecule has 0 aliphatic carbocycles. The number of aromatic nitrogens is 1. The van der Waals surface area contributed by atoms with Crippen molar-refractivity contribution in [3.05, 3.63) is 29.6 Å². The largest absolute Gasteiger partial charge is 0.471 e. The van der Waals surface area contributed by atoms with E-state index in [0.717, 1.165) is 5.69 Å². The Balaban J connectivity index is 0.000000364. The van der Waals surface area contributed by atoms with Crippen LogP contribution in [0, 0.1) is 6.92 Å². The van der Waals surface area contributed by atoms with E-state index >= 15 is 0 Å². The van der Waals surface area contributed by atoms with Crippen molar-refractivity contribution in [3.63, 3.8) is 0 Å². The highest BCUT2D eigenvalue weighted by molar-refractivity contribution is 5.90. The van der Waals surface area contributed by atoms with Gasteiger partial charge in [-0.2, -0.15) is 0 Å². The molecule has 0 spiro atoms. The number of nitrogens with two attached hydrogens (primary N) is 1. The van der Waals surface area contributed by atoms with E-state index in [0.29, 0.717) is 12.2 Å². The number of amides is 1. The van der Waals surface area contributed by atoms with Crippen molar-refractivity contribution in [2.75, 3.05) is 7.11 Å². The van der Waals surface area contributed by atoms with Crippen molar-refractivity contribution in [1.82, 2.24) is 4.98 Å². The first-order valence-corrected chi connectivity index (χ1v) is 3.81. The monoisotopic (exact) mass is 196 g/mol. The van der Waals surface area contributed by atoms with Gasteiger partial charge in [-0.3, -0.25) is 9.59 Å². The number of ether oxygens (including phenoxy) is 1. The average Bonchev–Trinajstić information content (AvgIpc) is 2.18. The van der Waals surface area contributed by atoms with Crippen LogP contribution in [-0.4, -0.2) is 24.5 Å². The predicted octanol–water partition coefficient (Wildman–Crippen LogP) is 0.278. The molecule has 1 aromatic rings. The Bertz CT molecular complexity index is 313. The highest BCUT2D eigenvalue weighted by Crippen LogP contribution is 1.95. The van der Waals surface area contributed by atoms with Crippen molar-refractivity contribution >= 4 is 12.4 Å². The zero-order chi connectivity index (χ0) is 11.0. The fraction of sp³-hybridized carbons (Fsp3) is 0.222. The summed E-state index contributed by atoms with van der Waals surface area (Å²) < 4.78 is 3.86. The van der Waals surface area contributed by atoms with Gasteiger partial charge in [-0.25, -0.2) is 4.98 Å². The van der Waals surface area contributed by atoms with Crippen LogP contribution >= 0.6 is 0 Å². The number of carbonyl (C=O) groups is 2. The number of primary amides is 1. The molecule has 0 aliphatic heterocycles. The zero-order valence-electron chi connectivity index (χ0n) is 8.06. The van der Waals surface area contributed by atoms with Gasteiger partial charge >= 0.3 is 0 Å². The standard InChI is InChI=1S/C7H8N2O.C2H4O2/c1-5-3-2-4-6(9-5)7(8)10;1-4-2-3/h2-4H,1H3,(H2,8,10);2H,1H3. The van der Waals surface area contributed by atoms with Gasteiger partial charge in [-0.15, -0.1) is 0 Å². The second kappa shape index (κ2) is 6.59. The maximum atomic E-state index is 10.5. The average molecular weight is 196 g/mol. The van der Waals surface area contributed by atoms with Gasteiger partial charge in [0.2, 0.25) is 0 Å². The lowest BCUT2D eigenvalue weighted by molar-refractivity contribution is -0.126. The highest BCUT2D eigenvalue weighted by Gasteiger charge is 1.98. The minimum atomic E-state index is -0.483. The van der Waals surface area contributed by atoms with Crippen LogP contribution in [0.1, 0.15) is 16.2 Å². The minimum Gasteiger partial charge on any atom is -0.471 e. The van der Waals surface area contributed by atoms with Crippen LogP contribution in [0.4, 0.5) is 0 Å². The quantitative estimate of drug-likeness (QED) is 0.688. The molecule has 14 heavy (non-hydrogen) atoms. The molecule has 5 heteroatoms. The fourth-order valence-corrected chi connectivity index (χ4v) is 0.680. The smallest absolute Gasteiger partial charge is 0.292 e. The van der Waals surface area contributed by atoms with Crippen LogP contribution in [0.2, 0.25) is 0 Å². The van der Waals surface area contributed by atoms with Gasteiger partial charge in [0.25, 0.3) is 12.4 Å². The van der Waals surface area contributed by atoms with E-state index in [2.05, 4.69) is 9.72 Å². The first-order chi connectivity index (χ1) is 6.61. The van der Waals surface area contributed by atoms with E-state index in [9.17, 15) is 4.79 Å². The molecule has 0 radical (unpaired) electrons. The summed E-state index contributed by atoms with van der Waals surface area (Å²) in [5, 5.41) is 0. The molecule has 1 aromatic heterocycles. The maximum Gasteiger partial charge on any atom is 0.292 e. The Kier molecular flexibility index (Phi) is 5.69. The van der Waals surface area contributed by atoms with Crippen LogP contribution in [0.3, 0.4) is 0 Å². The zero-order valence-corrected chi connectivity index (χ0v) is 8.06. The molecule has 1 rings (SSSR count). The van der Waals surface area contributed by atoms with Crippen LogP contribution < -0.4 is 5.73 Å². The normalized spacial score (nSPS) is 8.14. The molecule has 1 amide bonds. The third-order valence-corrected chi connectivity index (χ3v) is 1.24. The van der Waals surface area contributed by atoms with Crippen LogP contribution in [0.25, 0.3) is 0 Å². The van der Waals surface area contributed by atoms with Gasteiger partial charge in [0.15, 0.2) is 0 Å². The molecule has 0 saturated heterocycles. The Morgan fingerprint density at radius 3 is 2.43 bits per heavy atom. The first-order valence-electron chi connectivity index (χ1n) is 3.81. The van der Waals surface area contributed by atoms with Gasteiger partial charge < -0.3 is 10.5 Å². The molecule has 0 aromatic carbocycles. The maximum absolute atomic E-state index is 10.5. The summed E-state index contributed by atoms with van der Waals surface area (Å²) in [6.07, 6.45) is 0. The van der Waals surface area contributed by atoms with Gasteiger partial charge in [0.05, 0.1) is 7.11 Å². The first kappa shape index (κ1) is 12.1. The third-order valence-electron chi connectivity index (χ3n) is 1.24. The Hall–Kier alpha value is -1.91. The van der Waals surface area contributed by atoms with E-state index < -0.39 is 5.91 Å². The second-order valence-electron chi connectivity index (χ2n) is 2.36. The molecule has 0 fully saturated rings. The number of hydrogen-bond donors (Lipinski definition) is 1. The molecule has 2 N–H and O–H groups in total. The molecule has 0 saturated carbocycles. The molecule has 5 nitrogen and oxygen atoms in total. The lowest BCUT2D eigenvalue weighted by Crippen LogP contribution is -2.12.